The summed E-state index contributed by atoms with van der Waals surface area (Å²) in [5.74, 6) is 0.251. The van der Waals surface area contributed by atoms with Gasteiger partial charge in [0.2, 0.25) is 0 Å². The monoisotopic (exact) mass is 285 g/mol. The number of phenolic OH excluding ortho intramolecular Hbond substituents is 1. The van der Waals surface area contributed by atoms with E-state index in [0.717, 1.165) is 31.9 Å². The van der Waals surface area contributed by atoms with Gasteiger partial charge in [0.15, 0.2) is 0 Å². The third-order valence-corrected chi connectivity index (χ3v) is 2.95. The number of aromatic hydroxyl groups is 1. The molecule has 0 aliphatic carbocycles. The predicted octanol–water partition coefficient (Wildman–Crippen LogP) is 1.52. The molecule has 1 heterocycles. The van der Waals surface area contributed by atoms with Crippen LogP contribution in [0.1, 0.15) is 5.56 Å². The zero-order valence-electron chi connectivity index (χ0n) is 10.7. The fraction of sp³-hybridized carbons (Fsp3) is 0.429. The topological polar surface area (TPSA) is 52.9 Å². The van der Waals surface area contributed by atoms with Gasteiger partial charge in [0.25, 0.3) is 0 Å². The molecule has 1 aromatic rings. The number of hydrogen-bond donors (Lipinski definition) is 2. The Morgan fingerprint density at radius 2 is 1.84 bits per heavy atom. The maximum atomic E-state index is 9.90. The molecule has 1 atom stereocenters. The van der Waals surface area contributed by atoms with E-state index in [0.29, 0.717) is 6.54 Å². The first-order chi connectivity index (χ1) is 8.74. The van der Waals surface area contributed by atoms with Crippen LogP contribution in [0.25, 0.3) is 6.08 Å². The van der Waals surface area contributed by atoms with E-state index in [-0.39, 0.29) is 18.2 Å². The Bertz CT molecular complexity index is 388. The van der Waals surface area contributed by atoms with Crippen molar-refractivity contribution >= 4 is 18.5 Å². The number of aliphatic hydroxyl groups excluding tert-OH is 1. The highest BCUT2D eigenvalue weighted by Crippen LogP contribution is 2.11. The lowest BCUT2D eigenvalue weighted by molar-refractivity contribution is 0.0223. The second-order valence-corrected chi connectivity index (χ2v) is 4.43. The summed E-state index contributed by atoms with van der Waals surface area (Å²) in [6, 6.07) is 6.89. The van der Waals surface area contributed by atoms with Crippen molar-refractivity contribution in [3.8, 4) is 5.75 Å². The van der Waals surface area contributed by atoms with E-state index in [4.69, 9.17) is 9.84 Å². The summed E-state index contributed by atoms with van der Waals surface area (Å²) >= 11 is 0. The first-order valence-electron chi connectivity index (χ1n) is 6.19. The van der Waals surface area contributed by atoms with Gasteiger partial charge in [-0.05, 0) is 17.7 Å². The van der Waals surface area contributed by atoms with E-state index in [9.17, 15) is 5.11 Å². The molecule has 1 saturated heterocycles. The second-order valence-electron chi connectivity index (χ2n) is 4.43. The van der Waals surface area contributed by atoms with Crippen LogP contribution >= 0.6 is 12.4 Å². The van der Waals surface area contributed by atoms with Crippen molar-refractivity contribution in [2.45, 2.75) is 6.10 Å². The molecule has 4 nitrogen and oxygen atoms in total. The molecule has 1 aromatic carbocycles. The lowest BCUT2D eigenvalue weighted by atomic mass is 10.1. The number of hydrogen-bond acceptors (Lipinski definition) is 4. The molecule has 0 spiro atoms. The van der Waals surface area contributed by atoms with Crippen molar-refractivity contribution in [1.29, 1.82) is 0 Å². The van der Waals surface area contributed by atoms with Crippen LogP contribution in [0.15, 0.2) is 30.3 Å². The van der Waals surface area contributed by atoms with Gasteiger partial charge >= 0.3 is 0 Å². The van der Waals surface area contributed by atoms with Crippen molar-refractivity contribution in [2.75, 3.05) is 32.8 Å². The molecule has 0 saturated carbocycles. The first kappa shape index (κ1) is 16.0. The number of aliphatic hydroxyl groups is 1. The molecule has 1 fully saturated rings. The summed E-state index contributed by atoms with van der Waals surface area (Å²) < 4.78 is 5.26. The molecule has 0 radical (unpaired) electrons. The minimum Gasteiger partial charge on any atom is -0.508 e. The van der Waals surface area contributed by atoms with Crippen LogP contribution < -0.4 is 0 Å². The summed E-state index contributed by atoms with van der Waals surface area (Å²) in [7, 11) is 0. The lowest BCUT2D eigenvalue weighted by Gasteiger charge is -2.27. The SMILES string of the molecule is Cl.Oc1ccc(/C=C/C(O)CN2CCOCC2)cc1. The molecular formula is C14H20ClNO3. The van der Waals surface area contributed by atoms with E-state index >= 15 is 0 Å². The summed E-state index contributed by atoms with van der Waals surface area (Å²) in [5.41, 5.74) is 0.967. The van der Waals surface area contributed by atoms with E-state index in [1.807, 2.05) is 18.2 Å². The summed E-state index contributed by atoms with van der Waals surface area (Å²) in [4.78, 5) is 2.19. The summed E-state index contributed by atoms with van der Waals surface area (Å²) in [6.45, 7) is 3.88. The molecule has 5 heteroatoms. The molecular weight excluding hydrogens is 266 g/mol. The molecule has 106 valence electrons. The van der Waals surface area contributed by atoms with E-state index in [1.165, 1.54) is 0 Å². The Balaban J connectivity index is 0.00000180. The molecule has 1 aliphatic heterocycles. The van der Waals surface area contributed by atoms with Crippen LogP contribution in [0.2, 0.25) is 0 Å². The quantitative estimate of drug-likeness (QED) is 0.881. The lowest BCUT2D eigenvalue weighted by Crippen LogP contribution is -2.40. The first-order valence-corrected chi connectivity index (χ1v) is 6.19. The normalized spacial score (nSPS) is 18.2. The van der Waals surface area contributed by atoms with Crippen LogP contribution in [0, 0.1) is 0 Å². The molecule has 0 aromatic heterocycles. The zero-order chi connectivity index (χ0) is 12.8. The molecule has 19 heavy (non-hydrogen) atoms. The Labute approximate surface area is 119 Å². The highest BCUT2D eigenvalue weighted by molar-refractivity contribution is 5.85. The third-order valence-electron chi connectivity index (χ3n) is 2.95. The Kier molecular flexibility index (Phi) is 6.87. The fourth-order valence-electron chi connectivity index (χ4n) is 1.92. The van der Waals surface area contributed by atoms with Gasteiger partial charge in [-0.15, -0.1) is 12.4 Å². The third kappa shape index (κ3) is 5.61. The van der Waals surface area contributed by atoms with Gasteiger partial charge in [0, 0.05) is 19.6 Å². The van der Waals surface area contributed by atoms with Crippen molar-refractivity contribution in [2.24, 2.45) is 0 Å². The maximum absolute atomic E-state index is 9.90. The van der Waals surface area contributed by atoms with Gasteiger partial charge in [0.1, 0.15) is 5.75 Å². The predicted molar refractivity (Wildman–Crippen MR) is 77.7 cm³/mol. The van der Waals surface area contributed by atoms with Gasteiger partial charge in [-0.3, -0.25) is 4.90 Å². The van der Waals surface area contributed by atoms with Gasteiger partial charge in [0.05, 0.1) is 19.3 Å². The average Bonchev–Trinajstić information content (AvgIpc) is 2.39. The summed E-state index contributed by atoms with van der Waals surface area (Å²) in [5, 5.41) is 19.1. The van der Waals surface area contributed by atoms with Crippen LogP contribution in [0.4, 0.5) is 0 Å². The molecule has 0 bridgehead atoms. The van der Waals surface area contributed by atoms with Crippen molar-refractivity contribution in [3.05, 3.63) is 35.9 Å². The highest BCUT2D eigenvalue weighted by Gasteiger charge is 2.12. The van der Waals surface area contributed by atoms with Crippen LogP contribution in [0.3, 0.4) is 0 Å². The number of phenols is 1. The second kappa shape index (κ2) is 8.17. The van der Waals surface area contributed by atoms with E-state index in [1.54, 1.807) is 18.2 Å². The number of morpholine rings is 1. The molecule has 2 rings (SSSR count). The van der Waals surface area contributed by atoms with Gasteiger partial charge in [-0.1, -0.05) is 24.3 Å². The van der Waals surface area contributed by atoms with E-state index < -0.39 is 6.10 Å². The number of benzene rings is 1. The average molecular weight is 286 g/mol. The van der Waals surface area contributed by atoms with Crippen molar-refractivity contribution < 1.29 is 14.9 Å². The number of halogens is 1. The number of β-amino-alcohol motifs (C(OH)–C–C–N with tert-alkyl or cyclic N) is 1. The molecule has 1 unspecified atom stereocenters. The van der Waals surface area contributed by atoms with Crippen molar-refractivity contribution in [3.63, 3.8) is 0 Å². The molecule has 1 aliphatic rings. The van der Waals surface area contributed by atoms with Gasteiger partial charge < -0.3 is 14.9 Å². The smallest absolute Gasteiger partial charge is 0.115 e. The maximum Gasteiger partial charge on any atom is 0.115 e. The largest absolute Gasteiger partial charge is 0.508 e. The molecule has 2 N–H and O–H groups in total. The minimum absolute atomic E-state index is 0. The molecule has 0 amide bonds. The Morgan fingerprint density at radius 1 is 1.21 bits per heavy atom. The minimum atomic E-state index is -0.475. The van der Waals surface area contributed by atoms with Gasteiger partial charge in [-0.2, -0.15) is 0 Å². The Morgan fingerprint density at radius 3 is 2.47 bits per heavy atom. The highest BCUT2D eigenvalue weighted by atomic mass is 35.5. The number of ether oxygens (including phenoxy) is 1. The standard InChI is InChI=1S/C14H19NO3.ClH/c16-13-4-1-12(2-5-13)3-6-14(17)11-15-7-9-18-10-8-15;/h1-6,14,16-17H,7-11H2;1H/b6-3+;. The number of rotatable bonds is 4. The Hall–Kier alpha value is -1.07. The number of nitrogens with zero attached hydrogens (tertiary/aromatic N) is 1. The van der Waals surface area contributed by atoms with Crippen LogP contribution in [-0.2, 0) is 4.74 Å². The fourth-order valence-corrected chi connectivity index (χ4v) is 1.92. The van der Waals surface area contributed by atoms with Crippen LogP contribution in [0.5, 0.6) is 5.75 Å². The van der Waals surface area contributed by atoms with E-state index in [2.05, 4.69) is 4.90 Å². The van der Waals surface area contributed by atoms with Crippen LogP contribution in [-0.4, -0.2) is 54.1 Å². The summed E-state index contributed by atoms with van der Waals surface area (Å²) in [6.07, 6.45) is 3.17. The van der Waals surface area contributed by atoms with Gasteiger partial charge in [-0.25, -0.2) is 0 Å². The van der Waals surface area contributed by atoms with Crippen molar-refractivity contribution in [1.82, 2.24) is 4.90 Å². The zero-order valence-corrected chi connectivity index (χ0v) is 11.6.